The van der Waals surface area contributed by atoms with Crippen LogP contribution in [0.1, 0.15) is 0 Å². The first-order valence-electron chi connectivity index (χ1n) is 7.24. The van der Waals surface area contributed by atoms with E-state index in [1.807, 2.05) is 91.0 Å². The molecule has 1 nitrogen and oxygen atoms in total. The van der Waals surface area contributed by atoms with Crippen LogP contribution in [-0.4, -0.2) is 7.54 Å². The van der Waals surface area contributed by atoms with E-state index in [1.54, 1.807) is 0 Å². The lowest BCUT2D eigenvalue weighted by Crippen LogP contribution is -2.24. The Balaban J connectivity index is 0.000000471. The first-order chi connectivity index (χ1) is 11.5. The highest BCUT2D eigenvalue weighted by molar-refractivity contribution is 7.85. The molecule has 0 radical (unpaired) electrons. The number of hydrogen-bond acceptors (Lipinski definition) is 1. The van der Waals surface area contributed by atoms with Crippen LogP contribution in [0.5, 0.6) is 0 Å². The fraction of sp³-hybridized carbons (Fsp3) is 0. The van der Waals surface area contributed by atoms with E-state index < -0.39 is 14.7 Å². The summed E-state index contributed by atoms with van der Waals surface area (Å²) in [6, 6.07) is 29.1. The molecule has 24 heavy (non-hydrogen) atoms. The minimum atomic E-state index is -3.67. The maximum Gasteiger partial charge on any atom is 0.762 e. The Morgan fingerprint density at radius 3 is 0.958 bits per heavy atom. The lowest BCUT2D eigenvalue weighted by Gasteiger charge is -2.19. The third kappa shape index (κ3) is 4.39. The van der Waals surface area contributed by atoms with Gasteiger partial charge in [0, 0.05) is 15.9 Å². The zero-order valence-electron chi connectivity index (χ0n) is 12.7. The molecule has 0 unspecified atom stereocenters. The molecule has 3 aromatic rings. The maximum atomic E-state index is 13.8. The topological polar surface area (TPSA) is 17.1 Å². The summed E-state index contributed by atoms with van der Waals surface area (Å²) in [6.45, 7) is 0. The summed E-state index contributed by atoms with van der Waals surface area (Å²) in [7, 11) is -6.44. The molecule has 0 heterocycles. The average Bonchev–Trinajstić information content (AvgIpc) is 2.63. The summed E-state index contributed by atoms with van der Waals surface area (Å²) in [5, 5.41) is 2.62. The normalized spacial score (nSPS) is 10.5. The molecule has 0 fully saturated rings. The minimum absolute atomic E-state index is 0.873. The SMILES string of the molecule is FB(F)F.O=P(c1ccccc1)(c1ccccc1)c1ccccc1. The van der Waals surface area contributed by atoms with Crippen molar-refractivity contribution in [3.8, 4) is 0 Å². The van der Waals surface area contributed by atoms with Gasteiger partial charge in [-0.25, -0.2) is 0 Å². The lowest BCUT2D eigenvalue weighted by molar-refractivity contribution is 0.535. The Labute approximate surface area is 139 Å². The van der Waals surface area contributed by atoms with Crippen molar-refractivity contribution in [2.45, 2.75) is 0 Å². The molecule has 0 aliphatic heterocycles. The standard InChI is InChI=1S/C18H15OP.BF3/c19-20(16-10-4-1-5-11-16,17-12-6-2-7-13-17)18-14-8-3-9-15-18;2-1(3)4/h1-15H;. The van der Waals surface area contributed by atoms with Crippen LogP contribution in [0.25, 0.3) is 0 Å². The van der Waals surface area contributed by atoms with Gasteiger partial charge in [0.1, 0.15) is 0 Å². The molecule has 0 spiro atoms. The molecule has 0 N–H and O–H groups in total. The molecule has 0 aliphatic carbocycles. The van der Waals surface area contributed by atoms with Gasteiger partial charge in [0.15, 0.2) is 7.14 Å². The molecular formula is C18H15BF3OP. The van der Waals surface area contributed by atoms with Crippen molar-refractivity contribution >= 4 is 30.6 Å². The molecule has 0 saturated heterocycles. The van der Waals surface area contributed by atoms with Crippen molar-refractivity contribution in [2.24, 2.45) is 0 Å². The third-order valence-electron chi connectivity index (χ3n) is 3.36. The Bertz CT molecular complexity index is 677. The molecule has 0 bridgehead atoms. The minimum Gasteiger partial charge on any atom is -0.309 e. The van der Waals surface area contributed by atoms with Gasteiger partial charge in [0.05, 0.1) is 0 Å². The van der Waals surface area contributed by atoms with Crippen LogP contribution in [0.3, 0.4) is 0 Å². The van der Waals surface area contributed by atoms with Gasteiger partial charge >= 0.3 is 7.54 Å². The number of halogens is 3. The number of benzene rings is 3. The van der Waals surface area contributed by atoms with Gasteiger partial charge < -0.3 is 4.57 Å². The molecule has 3 aromatic carbocycles. The van der Waals surface area contributed by atoms with Crippen LogP contribution in [0.2, 0.25) is 0 Å². The predicted octanol–water partition coefficient (Wildman–Crippen LogP) is 4.21. The number of rotatable bonds is 3. The van der Waals surface area contributed by atoms with Gasteiger partial charge in [-0.15, -0.1) is 0 Å². The van der Waals surface area contributed by atoms with E-state index in [1.165, 1.54) is 0 Å². The molecule has 0 amide bonds. The van der Waals surface area contributed by atoms with Gasteiger partial charge in [-0.05, 0) is 0 Å². The third-order valence-corrected chi connectivity index (χ3v) is 6.44. The van der Waals surface area contributed by atoms with Crippen molar-refractivity contribution in [2.75, 3.05) is 0 Å². The van der Waals surface area contributed by atoms with Crippen LogP contribution in [0, 0.1) is 0 Å². The summed E-state index contributed by atoms with van der Waals surface area (Å²) in [6.07, 6.45) is 0. The largest absolute Gasteiger partial charge is 0.762 e. The quantitative estimate of drug-likeness (QED) is 0.513. The van der Waals surface area contributed by atoms with Crippen molar-refractivity contribution in [3.63, 3.8) is 0 Å². The fourth-order valence-electron chi connectivity index (χ4n) is 2.36. The fourth-order valence-corrected chi connectivity index (χ4v) is 5.03. The molecule has 0 aliphatic rings. The van der Waals surface area contributed by atoms with Crippen LogP contribution in [-0.2, 0) is 4.57 Å². The highest BCUT2D eigenvalue weighted by Gasteiger charge is 2.28. The Kier molecular flexibility index (Phi) is 6.45. The van der Waals surface area contributed by atoms with Crippen LogP contribution >= 0.6 is 7.14 Å². The van der Waals surface area contributed by atoms with Gasteiger partial charge in [-0.2, -0.15) is 0 Å². The van der Waals surface area contributed by atoms with E-state index in [0.717, 1.165) is 15.9 Å². The Morgan fingerprint density at radius 2 is 0.750 bits per heavy atom. The van der Waals surface area contributed by atoms with E-state index >= 15 is 0 Å². The molecule has 3 rings (SSSR count). The summed E-state index contributed by atoms with van der Waals surface area (Å²) in [5.74, 6) is 0. The van der Waals surface area contributed by atoms with Gasteiger partial charge in [-0.1, -0.05) is 91.0 Å². The second-order valence-corrected chi connectivity index (χ2v) is 7.63. The van der Waals surface area contributed by atoms with E-state index in [4.69, 9.17) is 0 Å². The second-order valence-electron chi connectivity index (χ2n) is 4.86. The summed E-state index contributed by atoms with van der Waals surface area (Å²) in [5.41, 5.74) is 0. The van der Waals surface area contributed by atoms with Gasteiger partial charge in [0.2, 0.25) is 0 Å². The molecule has 0 aromatic heterocycles. The first-order valence-corrected chi connectivity index (χ1v) is 8.95. The van der Waals surface area contributed by atoms with Crippen molar-refractivity contribution in [3.05, 3.63) is 91.0 Å². The maximum absolute atomic E-state index is 13.8. The summed E-state index contributed by atoms with van der Waals surface area (Å²) in [4.78, 5) is 0. The molecule has 122 valence electrons. The Morgan fingerprint density at radius 1 is 0.542 bits per heavy atom. The van der Waals surface area contributed by atoms with E-state index in [-0.39, 0.29) is 0 Å². The van der Waals surface area contributed by atoms with Crippen molar-refractivity contribution in [1.29, 1.82) is 0 Å². The van der Waals surface area contributed by atoms with E-state index in [0.29, 0.717) is 0 Å². The molecule has 0 atom stereocenters. The smallest absolute Gasteiger partial charge is 0.309 e. The monoisotopic (exact) mass is 346 g/mol. The van der Waals surface area contributed by atoms with Crippen molar-refractivity contribution in [1.82, 2.24) is 0 Å². The lowest BCUT2D eigenvalue weighted by atomic mass is 10.4. The van der Waals surface area contributed by atoms with Crippen LogP contribution in [0.4, 0.5) is 12.9 Å². The summed E-state index contributed by atoms with van der Waals surface area (Å²) >= 11 is 0. The zero-order chi connectivity index (χ0) is 17.4. The van der Waals surface area contributed by atoms with Gasteiger partial charge in [-0.3, -0.25) is 12.9 Å². The zero-order valence-corrected chi connectivity index (χ0v) is 13.6. The highest BCUT2D eigenvalue weighted by Crippen LogP contribution is 2.41. The second kappa shape index (κ2) is 8.56. The van der Waals surface area contributed by atoms with Crippen LogP contribution < -0.4 is 15.9 Å². The van der Waals surface area contributed by atoms with Crippen LogP contribution in [0.15, 0.2) is 91.0 Å². The van der Waals surface area contributed by atoms with Gasteiger partial charge in [0.25, 0.3) is 0 Å². The first kappa shape index (κ1) is 18.1. The molecular weight excluding hydrogens is 331 g/mol. The van der Waals surface area contributed by atoms with E-state index in [9.17, 15) is 17.5 Å². The highest BCUT2D eigenvalue weighted by atomic mass is 31.2. The average molecular weight is 346 g/mol. The summed E-state index contributed by atoms with van der Waals surface area (Å²) < 4.78 is 42.8. The molecule has 6 heteroatoms. The Hall–Kier alpha value is -2.26. The van der Waals surface area contributed by atoms with E-state index in [2.05, 4.69) is 0 Å². The predicted molar refractivity (Wildman–Crippen MR) is 94.9 cm³/mol. The molecule has 0 saturated carbocycles. The van der Waals surface area contributed by atoms with Crippen molar-refractivity contribution < 1.29 is 17.5 Å². The number of hydrogen-bond donors (Lipinski definition) is 0.